The van der Waals surface area contributed by atoms with Gasteiger partial charge in [-0.15, -0.1) is 11.8 Å². The molecule has 2 nitrogen and oxygen atoms in total. The number of thiocarbonyl (C=S) groups is 1. The Labute approximate surface area is 142 Å². The molecule has 0 fully saturated rings. The van der Waals surface area contributed by atoms with E-state index in [1.807, 2.05) is 17.8 Å². The third kappa shape index (κ3) is 5.70. The Bertz CT molecular complexity index is 580. The van der Waals surface area contributed by atoms with Gasteiger partial charge in [-0.25, -0.2) is 0 Å². The van der Waals surface area contributed by atoms with Crippen molar-refractivity contribution in [2.45, 2.75) is 24.7 Å². The number of benzene rings is 2. The van der Waals surface area contributed by atoms with Crippen molar-refractivity contribution in [1.29, 1.82) is 0 Å². The van der Waals surface area contributed by atoms with Gasteiger partial charge in [0.1, 0.15) is 0 Å². The van der Waals surface area contributed by atoms with E-state index in [1.165, 1.54) is 10.5 Å². The highest BCUT2D eigenvalue weighted by Crippen LogP contribution is 2.17. The molecule has 0 saturated heterocycles. The summed E-state index contributed by atoms with van der Waals surface area (Å²) in [7, 11) is 0. The number of rotatable bonds is 6. The van der Waals surface area contributed by atoms with E-state index in [-0.39, 0.29) is 0 Å². The number of anilines is 1. The Morgan fingerprint density at radius 1 is 1.05 bits per heavy atom. The summed E-state index contributed by atoms with van der Waals surface area (Å²) in [6.07, 6.45) is 0. The van der Waals surface area contributed by atoms with E-state index in [9.17, 15) is 0 Å². The lowest BCUT2D eigenvalue weighted by molar-refractivity contribution is 0.867. The van der Waals surface area contributed by atoms with Crippen molar-refractivity contribution in [3.8, 4) is 0 Å². The maximum absolute atomic E-state index is 5.32. The minimum absolute atomic E-state index is 0.550. The Kier molecular flexibility index (Phi) is 6.74. The molecule has 0 radical (unpaired) electrons. The largest absolute Gasteiger partial charge is 0.362 e. The minimum atomic E-state index is 0.550. The van der Waals surface area contributed by atoms with Crippen LogP contribution in [0.25, 0.3) is 0 Å². The van der Waals surface area contributed by atoms with E-state index in [2.05, 4.69) is 73.0 Å². The number of hydrogen-bond acceptors (Lipinski definition) is 2. The van der Waals surface area contributed by atoms with E-state index < -0.39 is 0 Å². The zero-order valence-electron chi connectivity index (χ0n) is 13.0. The second-order valence-corrected chi connectivity index (χ2v) is 6.90. The van der Waals surface area contributed by atoms with Crippen LogP contribution in [0.4, 0.5) is 5.69 Å². The van der Waals surface area contributed by atoms with Crippen molar-refractivity contribution < 1.29 is 0 Å². The molecular formula is C18H22N2S2. The van der Waals surface area contributed by atoms with Crippen LogP contribution in [0, 0.1) is 0 Å². The van der Waals surface area contributed by atoms with Gasteiger partial charge in [0.15, 0.2) is 5.11 Å². The van der Waals surface area contributed by atoms with Crippen LogP contribution in [0.15, 0.2) is 59.5 Å². The van der Waals surface area contributed by atoms with Gasteiger partial charge < -0.3 is 10.6 Å². The molecule has 116 valence electrons. The van der Waals surface area contributed by atoms with Crippen molar-refractivity contribution >= 4 is 34.8 Å². The predicted octanol–water partition coefficient (Wildman–Crippen LogP) is 4.89. The third-order valence-electron chi connectivity index (χ3n) is 3.23. The molecule has 0 amide bonds. The van der Waals surface area contributed by atoms with Crippen LogP contribution in [0.1, 0.15) is 25.3 Å². The molecule has 0 aliphatic rings. The fourth-order valence-electron chi connectivity index (χ4n) is 1.98. The highest BCUT2D eigenvalue weighted by Gasteiger charge is 2.01. The Morgan fingerprint density at radius 3 is 2.36 bits per heavy atom. The van der Waals surface area contributed by atoms with Gasteiger partial charge in [0.25, 0.3) is 0 Å². The first-order valence-electron chi connectivity index (χ1n) is 7.48. The second-order valence-electron chi connectivity index (χ2n) is 5.32. The van der Waals surface area contributed by atoms with Gasteiger partial charge in [-0.1, -0.05) is 44.2 Å². The molecule has 0 aliphatic heterocycles. The van der Waals surface area contributed by atoms with Crippen LogP contribution in [-0.2, 0) is 0 Å². The van der Waals surface area contributed by atoms with E-state index in [0.29, 0.717) is 11.0 Å². The molecule has 2 aromatic carbocycles. The van der Waals surface area contributed by atoms with Crippen LogP contribution >= 0.6 is 24.0 Å². The van der Waals surface area contributed by atoms with Crippen molar-refractivity contribution in [2.24, 2.45) is 0 Å². The summed E-state index contributed by atoms with van der Waals surface area (Å²) in [6.45, 7) is 5.23. The van der Waals surface area contributed by atoms with Crippen LogP contribution in [0.5, 0.6) is 0 Å². The SMILES string of the molecule is CC(C)c1ccc(NC(=S)NCCSc2ccccc2)cc1. The molecule has 2 rings (SSSR count). The quantitative estimate of drug-likeness (QED) is 0.447. The molecular weight excluding hydrogens is 308 g/mol. The molecule has 0 aliphatic carbocycles. The monoisotopic (exact) mass is 330 g/mol. The highest BCUT2D eigenvalue weighted by molar-refractivity contribution is 7.99. The topological polar surface area (TPSA) is 24.1 Å². The number of thioether (sulfide) groups is 1. The lowest BCUT2D eigenvalue weighted by Gasteiger charge is -2.11. The lowest BCUT2D eigenvalue weighted by atomic mass is 10.0. The fraction of sp³-hybridized carbons (Fsp3) is 0.278. The molecule has 4 heteroatoms. The predicted molar refractivity (Wildman–Crippen MR) is 102 cm³/mol. The minimum Gasteiger partial charge on any atom is -0.362 e. The van der Waals surface area contributed by atoms with Gasteiger partial charge in [-0.3, -0.25) is 0 Å². The molecule has 0 saturated carbocycles. The van der Waals surface area contributed by atoms with Gasteiger partial charge in [-0.2, -0.15) is 0 Å². The van der Waals surface area contributed by atoms with Gasteiger partial charge in [0.2, 0.25) is 0 Å². The molecule has 2 aromatic rings. The molecule has 0 bridgehead atoms. The summed E-state index contributed by atoms with van der Waals surface area (Å²) in [4.78, 5) is 1.28. The maximum atomic E-state index is 5.32. The van der Waals surface area contributed by atoms with Gasteiger partial charge in [0.05, 0.1) is 0 Å². The average molecular weight is 331 g/mol. The smallest absolute Gasteiger partial charge is 0.170 e. The van der Waals surface area contributed by atoms with E-state index >= 15 is 0 Å². The van der Waals surface area contributed by atoms with Crippen LogP contribution in [-0.4, -0.2) is 17.4 Å². The molecule has 2 N–H and O–H groups in total. The number of nitrogens with one attached hydrogen (secondary N) is 2. The second kappa shape index (κ2) is 8.81. The summed E-state index contributed by atoms with van der Waals surface area (Å²) in [5.74, 6) is 1.53. The molecule has 0 aromatic heterocycles. The van der Waals surface area contributed by atoms with Crippen LogP contribution in [0.2, 0.25) is 0 Å². The van der Waals surface area contributed by atoms with Crippen LogP contribution in [0.3, 0.4) is 0 Å². The molecule has 22 heavy (non-hydrogen) atoms. The van der Waals surface area contributed by atoms with E-state index in [0.717, 1.165) is 18.0 Å². The summed E-state index contributed by atoms with van der Waals surface area (Å²) in [5.41, 5.74) is 2.36. The normalized spacial score (nSPS) is 10.5. The average Bonchev–Trinajstić information content (AvgIpc) is 2.53. The zero-order valence-corrected chi connectivity index (χ0v) is 14.6. The lowest BCUT2D eigenvalue weighted by Crippen LogP contribution is -2.30. The molecule has 0 spiro atoms. The van der Waals surface area contributed by atoms with E-state index in [4.69, 9.17) is 12.2 Å². The Morgan fingerprint density at radius 2 is 1.73 bits per heavy atom. The Hall–Kier alpha value is -1.52. The van der Waals surface area contributed by atoms with Gasteiger partial charge in [-0.05, 0) is 48.0 Å². The van der Waals surface area contributed by atoms with Crippen molar-refractivity contribution in [3.05, 3.63) is 60.2 Å². The standard InChI is InChI=1S/C18H22N2S2/c1-14(2)15-8-10-16(11-9-15)20-18(21)19-12-13-22-17-6-4-3-5-7-17/h3-11,14H,12-13H2,1-2H3,(H2,19,20,21). The van der Waals surface area contributed by atoms with Crippen molar-refractivity contribution in [3.63, 3.8) is 0 Å². The molecule has 0 atom stereocenters. The first-order chi connectivity index (χ1) is 10.6. The highest BCUT2D eigenvalue weighted by atomic mass is 32.2. The van der Waals surface area contributed by atoms with Gasteiger partial charge >= 0.3 is 0 Å². The van der Waals surface area contributed by atoms with Crippen molar-refractivity contribution in [2.75, 3.05) is 17.6 Å². The first-order valence-corrected chi connectivity index (χ1v) is 8.87. The number of hydrogen-bond donors (Lipinski definition) is 2. The third-order valence-corrected chi connectivity index (χ3v) is 4.49. The van der Waals surface area contributed by atoms with Crippen molar-refractivity contribution in [1.82, 2.24) is 5.32 Å². The summed E-state index contributed by atoms with van der Waals surface area (Å²) < 4.78 is 0. The van der Waals surface area contributed by atoms with E-state index in [1.54, 1.807) is 0 Å². The molecule has 0 heterocycles. The summed E-state index contributed by atoms with van der Waals surface area (Å²) >= 11 is 7.14. The first kappa shape index (κ1) is 16.8. The molecule has 0 unspecified atom stereocenters. The Balaban J connectivity index is 1.69. The fourth-order valence-corrected chi connectivity index (χ4v) is 2.99. The van der Waals surface area contributed by atoms with Gasteiger partial charge in [0, 0.05) is 22.9 Å². The maximum Gasteiger partial charge on any atom is 0.170 e. The summed E-state index contributed by atoms with van der Waals surface area (Å²) in [6, 6.07) is 18.8. The van der Waals surface area contributed by atoms with Crippen LogP contribution < -0.4 is 10.6 Å². The summed E-state index contributed by atoms with van der Waals surface area (Å²) in [5, 5.41) is 7.13. The zero-order chi connectivity index (χ0) is 15.8.